The normalized spacial score (nSPS) is 21.7. The maximum absolute atomic E-state index is 12.1. The van der Waals surface area contributed by atoms with Gasteiger partial charge in [-0.2, -0.15) is 0 Å². The van der Waals surface area contributed by atoms with Gasteiger partial charge in [-0.15, -0.1) is 0 Å². The Balaban J connectivity index is 2.00. The van der Waals surface area contributed by atoms with Crippen LogP contribution in [0.1, 0.15) is 39.5 Å². The zero-order valence-electron chi connectivity index (χ0n) is 12.8. The highest BCUT2D eigenvalue weighted by atomic mass is 16.7. The molecule has 0 amide bonds. The van der Waals surface area contributed by atoms with E-state index in [0.717, 1.165) is 0 Å². The van der Waals surface area contributed by atoms with E-state index in [1.807, 2.05) is 0 Å². The summed E-state index contributed by atoms with van der Waals surface area (Å²) in [5, 5.41) is 0. The van der Waals surface area contributed by atoms with Crippen molar-refractivity contribution < 1.29 is 28.5 Å². The molecule has 1 spiro atoms. The number of ether oxygens (including phenoxy) is 4. The van der Waals surface area contributed by atoms with E-state index in [4.69, 9.17) is 18.9 Å². The molecule has 1 aliphatic carbocycles. The first-order valence-electron chi connectivity index (χ1n) is 7.73. The Morgan fingerprint density at radius 1 is 1.05 bits per heavy atom. The lowest BCUT2D eigenvalue weighted by molar-refractivity contribution is -0.190. The highest BCUT2D eigenvalue weighted by Gasteiger charge is 2.46. The minimum Gasteiger partial charge on any atom is -0.465 e. The van der Waals surface area contributed by atoms with Crippen molar-refractivity contribution in [1.82, 2.24) is 0 Å². The molecule has 2 aliphatic rings. The van der Waals surface area contributed by atoms with Gasteiger partial charge < -0.3 is 18.9 Å². The van der Waals surface area contributed by atoms with Gasteiger partial charge in [-0.3, -0.25) is 9.59 Å². The second-order valence-electron chi connectivity index (χ2n) is 5.43. The Kier molecular flexibility index (Phi) is 5.58. The van der Waals surface area contributed by atoms with Gasteiger partial charge in [-0.25, -0.2) is 0 Å². The predicted molar refractivity (Wildman–Crippen MR) is 73.3 cm³/mol. The summed E-state index contributed by atoms with van der Waals surface area (Å²) >= 11 is 0. The Hall–Kier alpha value is -1.14. The SMILES string of the molecule is CCOC(=O)C(C(=O)OCC)C1CCC2(CC1)OCCO2. The van der Waals surface area contributed by atoms with Crippen LogP contribution >= 0.6 is 0 Å². The lowest BCUT2D eigenvalue weighted by atomic mass is 9.77. The van der Waals surface area contributed by atoms with Gasteiger partial charge in [0, 0.05) is 12.8 Å². The van der Waals surface area contributed by atoms with Gasteiger partial charge in [0.15, 0.2) is 11.7 Å². The minimum absolute atomic E-state index is 0.0680. The molecule has 1 saturated carbocycles. The van der Waals surface area contributed by atoms with Gasteiger partial charge in [-0.05, 0) is 32.6 Å². The molecule has 0 atom stereocenters. The van der Waals surface area contributed by atoms with Crippen molar-refractivity contribution in [3.63, 3.8) is 0 Å². The first-order chi connectivity index (χ1) is 10.1. The molecule has 1 heterocycles. The molecule has 1 saturated heterocycles. The maximum Gasteiger partial charge on any atom is 0.320 e. The summed E-state index contributed by atoms with van der Waals surface area (Å²) in [7, 11) is 0. The molecule has 1 aliphatic heterocycles. The Bertz CT molecular complexity index is 346. The smallest absolute Gasteiger partial charge is 0.320 e. The third-order valence-corrected chi connectivity index (χ3v) is 4.16. The fourth-order valence-electron chi connectivity index (χ4n) is 3.14. The second-order valence-corrected chi connectivity index (χ2v) is 5.43. The van der Waals surface area contributed by atoms with Crippen molar-refractivity contribution in [3.8, 4) is 0 Å². The summed E-state index contributed by atoms with van der Waals surface area (Å²) in [4.78, 5) is 24.2. The van der Waals surface area contributed by atoms with Gasteiger partial charge in [0.1, 0.15) is 0 Å². The highest BCUT2D eigenvalue weighted by molar-refractivity contribution is 5.95. The quantitative estimate of drug-likeness (QED) is 0.568. The van der Waals surface area contributed by atoms with Crippen LogP contribution in [0.25, 0.3) is 0 Å². The summed E-state index contributed by atoms with van der Waals surface area (Å²) in [5.74, 6) is -2.36. The van der Waals surface area contributed by atoms with Gasteiger partial charge in [-0.1, -0.05) is 0 Å². The summed E-state index contributed by atoms with van der Waals surface area (Å²) in [6.45, 7) is 5.22. The molecule has 0 unspecified atom stereocenters. The van der Waals surface area contributed by atoms with E-state index in [1.54, 1.807) is 13.8 Å². The Morgan fingerprint density at radius 3 is 1.95 bits per heavy atom. The van der Waals surface area contributed by atoms with E-state index in [2.05, 4.69) is 0 Å². The van der Waals surface area contributed by atoms with E-state index in [9.17, 15) is 9.59 Å². The second kappa shape index (κ2) is 7.22. The van der Waals surface area contributed by atoms with Crippen molar-refractivity contribution in [2.45, 2.75) is 45.3 Å². The first kappa shape index (κ1) is 16.2. The number of carbonyl (C=O) groups excluding carboxylic acids is 2. The molecule has 6 nitrogen and oxygen atoms in total. The number of rotatable bonds is 5. The number of carbonyl (C=O) groups is 2. The molecule has 0 N–H and O–H groups in total. The highest BCUT2D eigenvalue weighted by Crippen LogP contribution is 2.41. The number of esters is 2. The van der Waals surface area contributed by atoms with Gasteiger partial charge in [0.05, 0.1) is 26.4 Å². The van der Waals surface area contributed by atoms with Gasteiger partial charge in [0.25, 0.3) is 0 Å². The maximum atomic E-state index is 12.1. The van der Waals surface area contributed by atoms with Crippen molar-refractivity contribution in [3.05, 3.63) is 0 Å². The molecule has 0 aromatic heterocycles. The molecule has 120 valence electrons. The largest absolute Gasteiger partial charge is 0.465 e. The monoisotopic (exact) mass is 300 g/mol. The van der Waals surface area contributed by atoms with Crippen LogP contribution in [0.4, 0.5) is 0 Å². The van der Waals surface area contributed by atoms with Crippen LogP contribution in [0.3, 0.4) is 0 Å². The summed E-state index contributed by atoms with van der Waals surface area (Å²) in [5.41, 5.74) is 0. The van der Waals surface area contributed by atoms with Crippen LogP contribution < -0.4 is 0 Å². The average Bonchev–Trinajstić information content (AvgIpc) is 2.90. The van der Waals surface area contributed by atoms with Crippen LogP contribution in [-0.2, 0) is 28.5 Å². The zero-order valence-corrected chi connectivity index (χ0v) is 12.8. The fraction of sp³-hybridized carbons (Fsp3) is 0.867. The van der Waals surface area contributed by atoms with Crippen LogP contribution in [0.15, 0.2) is 0 Å². The number of hydrogen-bond acceptors (Lipinski definition) is 6. The van der Waals surface area contributed by atoms with Crippen LogP contribution in [0, 0.1) is 11.8 Å². The molecule has 0 aromatic rings. The third kappa shape index (κ3) is 3.74. The molecule has 6 heteroatoms. The van der Waals surface area contributed by atoms with Crippen molar-refractivity contribution in [2.24, 2.45) is 11.8 Å². The zero-order chi connectivity index (χ0) is 15.3. The topological polar surface area (TPSA) is 71.1 Å². The van der Waals surface area contributed by atoms with Crippen LogP contribution in [0.5, 0.6) is 0 Å². The van der Waals surface area contributed by atoms with Crippen LogP contribution in [-0.4, -0.2) is 44.2 Å². The first-order valence-corrected chi connectivity index (χ1v) is 7.73. The molecule has 0 aromatic carbocycles. The van der Waals surface area contributed by atoms with Crippen LogP contribution in [0.2, 0.25) is 0 Å². The molecular formula is C15H24O6. The van der Waals surface area contributed by atoms with E-state index >= 15 is 0 Å². The lowest BCUT2D eigenvalue weighted by Crippen LogP contribution is -2.41. The summed E-state index contributed by atoms with van der Waals surface area (Å²) in [6.07, 6.45) is 2.80. The number of hydrogen-bond donors (Lipinski definition) is 0. The molecule has 0 bridgehead atoms. The average molecular weight is 300 g/mol. The van der Waals surface area contributed by atoms with Crippen molar-refractivity contribution in [2.75, 3.05) is 26.4 Å². The lowest BCUT2D eigenvalue weighted by Gasteiger charge is -2.37. The van der Waals surface area contributed by atoms with Crippen molar-refractivity contribution >= 4 is 11.9 Å². The van der Waals surface area contributed by atoms with E-state index in [-0.39, 0.29) is 19.1 Å². The minimum atomic E-state index is -0.830. The molecule has 21 heavy (non-hydrogen) atoms. The molecular weight excluding hydrogens is 276 g/mol. The Labute approximate surface area is 125 Å². The van der Waals surface area contributed by atoms with E-state index in [1.165, 1.54) is 0 Å². The molecule has 0 radical (unpaired) electrons. The fourth-order valence-corrected chi connectivity index (χ4v) is 3.14. The third-order valence-electron chi connectivity index (χ3n) is 4.16. The predicted octanol–water partition coefficient (Wildman–Crippen LogP) is 1.66. The molecule has 2 rings (SSSR count). The van der Waals surface area contributed by atoms with E-state index in [0.29, 0.717) is 38.9 Å². The van der Waals surface area contributed by atoms with Gasteiger partial charge in [0.2, 0.25) is 0 Å². The van der Waals surface area contributed by atoms with Crippen molar-refractivity contribution in [1.29, 1.82) is 0 Å². The Morgan fingerprint density at radius 2 is 1.52 bits per heavy atom. The molecule has 2 fully saturated rings. The standard InChI is InChI=1S/C15H24O6/c1-3-18-13(16)12(14(17)19-4-2)11-5-7-15(8-6-11)20-9-10-21-15/h11-12H,3-10H2,1-2H3. The van der Waals surface area contributed by atoms with E-state index < -0.39 is 23.6 Å². The summed E-state index contributed by atoms with van der Waals surface area (Å²) in [6, 6.07) is 0. The van der Waals surface area contributed by atoms with Gasteiger partial charge >= 0.3 is 11.9 Å². The summed E-state index contributed by atoms with van der Waals surface area (Å²) < 4.78 is 21.4.